The van der Waals surface area contributed by atoms with Gasteiger partial charge < -0.3 is 5.11 Å². The predicted octanol–water partition coefficient (Wildman–Crippen LogP) is 3.53. The van der Waals surface area contributed by atoms with Crippen molar-refractivity contribution in [2.45, 2.75) is 26.7 Å². The standard InChI is InChI=1S/C10H13ClO2S/c1-5(2)8(10(12)13)9-7(11)4-6(3)14-9/h4-5,8H,1-3H3,(H,12,13). The summed E-state index contributed by atoms with van der Waals surface area (Å²) in [4.78, 5) is 12.9. The molecule has 0 bridgehead atoms. The lowest BCUT2D eigenvalue weighted by molar-refractivity contribution is -0.139. The second kappa shape index (κ2) is 4.32. The van der Waals surface area contributed by atoms with Crippen molar-refractivity contribution >= 4 is 28.9 Å². The number of hydrogen-bond acceptors (Lipinski definition) is 2. The van der Waals surface area contributed by atoms with Crippen molar-refractivity contribution in [3.05, 3.63) is 20.8 Å². The third-order valence-corrected chi connectivity index (χ3v) is 3.61. The fourth-order valence-electron chi connectivity index (χ4n) is 1.41. The molecule has 78 valence electrons. The average Bonchev–Trinajstić information content (AvgIpc) is 2.29. The van der Waals surface area contributed by atoms with Gasteiger partial charge in [0.05, 0.1) is 10.9 Å². The maximum atomic E-state index is 11.1. The highest BCUT2D eigenvalue weighted by molar-refractivity contribution is 7.12. The van der Waals surface area contributed by atoms with E-state index in [4.69, 9.17) is 16.7 Å². The van der Waals surface area contributed by atoms with Crippen molar-refractivity contribution in [1.29, 1.82) is 0 Å². The number of aryl methyl sites for hydroxylation is 1. The minimum atomic E-state index is -0.802. The number of halogens is 1. The van der Waals surface area contributed by atoms with Crippen LogP contribution in [0.1, 0.15) is 29.5 Å². The van der Waals surface area contributed by atoms with E-state index in [2.05, 4.69) is 0 Å². The van der Waals surface area contributed by atoms with Crippen LogP contribution in [-0.2, 0) is 4.79 Å². The second-order valence-corrected chi connectivity index (χ2v) is 5.32. The quantitative estimate of drug-likeness (QED) is 0.866. The van der Waals surface area contributed by atoms with E-state index in [9.17, 15) is 4.79 Å². The van der Waals surface area contributed by atoms with Crippen LogP contribution in [0.5, 0.6) is 0 Å². The van der Waals surface area contributed by atoms with E-state index in [1.54, 1.807) is 0 Å². The Labute approximate surface area is 92.5 Å². The van der Waals surface area contributed by atoms with Crippen LogP contribution in [0.4, 0.5) is 0 Å². The van der Waals surface area contributed by atoms with Crippen molar-refractivity contribution in [2.24, 2.45) is 5.92 Å². The van der Waals surface area contributed by atoms with Gasteiger partial charge in [-0.1, -0.05) is 25.4 Å². The highest BCUT2D eigenvalue weighted by atomic mass is 35.5. The molecule has 1 heterocycles. The van der Waals surface area contributed by atoms with Gasteiger partial charge in [-0.05, 0) is 18.9 Å². The summed E-state index contributed by atoms with van der Waals surface area (Å²) >= 11 is 7.44. The van der Waals surface area contributed by atoms with Gasteiger partial charge in [-0.3, -0.25) is 4.79 Å². The lowest BCUT2D eigenvalue weighted by Gasteiger charge is -2.14. The van der Waals surface area contributed by atoms with E-state index in [1.807, 2.05) is 26.8 Å². The van der Waals surface area contributed by atoms with Crippen molar-refractivity contribution in [3.63, 3.8) is 0 Å². The van der Waals surface area contributed by atoms with Crippen LogP contribution in [0.15, 0.2) is 6.07 Å². The summed E-state index contributed by atoms with van der Waals surface area (Å²) in [5, 5.41) is 9.66. The molecule has 0 aliphatic heterocycles. The first kappa shape index (κ1) is 11.5. The lowest BCUT2D eigenvalue weighted by atomic mass is 9.94. The lowest BCUT2D eigenvalue weighted by Crippen LogP contribution is -2.16. The molecular weight excluding hydrogens is 220 g/mol. The summed E-state index contributed by atoms with van der Waals surface area (Å²) in [6, 6.07) is 1.82. The first-order chi connectivity index (χ1) is 6.43. The van der Waals surface area contributed by atoms with E-state index in [1.165, 1.54) is 11.3 Å². The maximum Gasteiger partial charge on any atom is 0.312 e. The van der Waals surface area contributed by atoms with Crippen LogP contribution in [0.25, 0.3) is 0 Å². The topological polar surface area (TPSA) is 37.3 Å². The molecule has 0 saturated carbocycles. The molecule has 0 radical (unpaired) electrons. The van der Waals surface area contributed by atoms with E-state index < -0.39 is 11.9 Å². The van der Waals surface area contributed by atoms with Crippen LogP contribution in [0, 0.1) is 12.8 Å². The number of hydrogen-bond donors (Lipinski definition) is 1. The monoisotopic (exact) mass is 232 g/mol. The third kappa shape index (κ3) is 2.28. The first-order valence-electron chi connectivity index (χ1n) is 4.42. The summed E-state index contributed by atoms with van der Waals surface area (Å²) in [7, 11) is 0. The Morgan fingerprint density at radius 2 is 2.14 bits per heavy atom. The molecule has 0 fully saturated rings. The zero-order valence-corrected chi connectivity index (χ0v) is 9.95. The van der Waals surface area contributed by atoms with Crippen LogP contribution in [-0.4, -0.2) is 11.1 Å². The molecule has 0 aliphatic carbocycles. The van der Waals surface area contributed by atoms with Crippen LogP contribution < -0.4 is 0 Å². The van der Waals surface area contributed by atoms with Crippen LogP contribution in [0.2, 0.25) is 5.02 Å². The van der Waals surface area contributed by atoms with E-state index in [0.29, 0.717) is 5.02 Å². The SMILES string of the molecule is Cc1cc(Cl)c(C(C(=O)O)C(C)C)s1. The Morgan fingerprint density at radius 3 is 2.43 bits per heavy atom. The number of rotatable bonds is 3. The molecule has 1 N–H and O–H groups in total. The summed E-state index contributed by atoms with van der Waals surface area (Å²) in [6.07, 6.45) is 0. The zero-order valence-electron chi connectivity index (χ0n) is 8.37. The molecule has 0 saturated heterocycles. The molecule has 1 aromatic heterocycles. The summed E-state index contributed by atoms with van der Waals surface area (Å²) in [5.41, 5.74) is 0. The largest absolute Gasteiger partial charge is 0.481 e. The van der Waals surface area contributed by atoms with Crippen molar-refractivity contribution in [3.8, 4) is 0 Å². The highest BCUT2D eigenvalue weighted by Gasteiger charge is 2.27. The summed E-state index contributed by atoms with van der Waals surface area (Å²) in [5.74, 6) is -1.23. The Kier molecular flexibility index (Phi) is 3.56. The molecule has 1 atom stereocenters. The molecule has 0 spiro atoms. The molecule has 4 heteroatoms. The Hall–Kier alpha value is -0.540. The van der Waals surface area contributed by atoms with Gasteiger partial charge >= 0.3 is 5.97 Å². The first-order valence-corrected chi connectivity index (χ1v) is 5.61. The summed E-state index contributed by atoms with van der Waals surface area (Å²) < 4.78 is 0. The van der Waals surface area contributed by atoms with Gasteiger partial charge in [0.1, 0.15) is 0 Å². The van der Waals surface area contributed by atoms with Gasteiger partial charge in [0.15, 0.2) is 0 Å². The van der Waals surface area contributed by atoms with Crippen LogP contribution >= 0.6 is 22.9 Å². The molecular formula is C10H13ClO2S. The van der Waals surface area contributed by atoms with E-state index >= 15 is 0 Å². The molecule has 14 heavy (non-hydrogen) atoms. The number of thiophene rings is 1. The van der Waals surface area contributed by atoms with Crippen molar-refractivity contribution in [2.75, 3.05) is 0 Å². The average molecular weight is 233 g/mol. The van der Waals surface area contributed by atoms with Crippen molar-refractivity contribution in [1.82, 2.24) is 0 Å². The Bertz CT molecular complexity index is 344. The Morgan fingerprint density at radius 1 is 1.57 bits per heavy atom. The zero-order chi connectivity index (χ0) is 10.9. The van der Waals surface area contributed by atoms with Gasteiger partial charge in [-0.15, -0.1) is 11.3 Å². The smallest absolute Gasteiger partial charge is 0.312 e. The predicted molar refractivity (Wildman–Crippen MR) is 59.3 cm³/mol. The molecule has 2 nitrogen and oxygen atoms in total. The highest BCUT2D eigenvalue weighted by Crippen LogP contribution is 2.36. The van der Waals surface area contributed by atoms with Crippen LogP contribution in [0.3, 0.4) is 0 Å². The van der Waals surface area contributed by atoms with Gasteiger partial charge in [-0.25, -0.2) is 0 Å². The molecule has 1 unspecified atom stereocenters. The minimum Gasteiger partial charge on any atom is -0.481 e. The minimum absolute atomic E-state index is 0.0584. The van der Waals surface area contributed by atoms with E-state index in [0.717, 1.165) is 9.75 Å². The number of aliphatic carboxylic acids is 1. The second-order valence-electron chi connectivity index (χ2n) is 3.63. The number of carbonyl (C=O) groups is 1. The third-order valence-electron chi connectivity index (χ3n) is 2.05. The van der Waals surface area contributed by atoms with Crippen molar-refractivity contribution < 1.29 is 9.90 Å². The molecule has 0 aromatic carbocycles. The van der Waals surface area contributed by atoms with Gasteiger partial charge in [0.25, 0.3) is 0 Å². The van der Waals surface area contributed by atoms with E-state index in [-0.39, 0.29) is 5.92 Å². The van der Waals surface area contributed by atoms with Gasteiger partial charge in [0, 0.05) is 9.75 Å². The summed E-state index contributed by atoms with van der Waals surface area (Å²) in [6.45, 7) is 5.72. The fraction of sp³-hybridized carbons (Fsp3) is 0.500. The van der Waals surface area contributed by atoms with Gasteiger partial charge in [0.2, 0.25) is 0 Å². The maximum absolute atomic E-state index is 11.1. The van der Waals surface area contributed by atoms with Gasteiger partial charge in [-0.2, -0.15) is 0 Å². The molecule has 0 amide bonds. The number of carboxylic acid groups (broad SMARTS) is 1. The molecule has 0 aliphatic rings. The Balaban J connectivity index is 3.11. The molecule has 1 rings (SSSR count). The fourth-order valence-corrected chi connectivity index (χ4v) is 3.05. The normalized spacial score (nSPS) is 13.2. The molecule has 1 aromatic rings. The number of carboxylic acids is 1.